The van der Waals surface area contributed by atoms with Gasteiger partial charge in [0, 0.05) is 10.9 Å². The minimum absolute atomic E-state index is 0.145. The van der Waals surface area contributed by atoms with Gasteiger partial charge in [-0.1, -0.05) is 41.9 Å². The van der Waals surface area contributed by atoms with Gasteiger partial charge in [-0.25, -0.2) is 0 Å². The van der Waals surface area contributed by atoms with Gasteiger partial charge in [-0.2, -0.15) is 0 Å². The highest BCUT2D eigenvalue weighted by Gasteiger charge is 2.20. The Balaban J connectivity index is 1.62. The lowest BCUT2D eigenvalue weighted by molar-refractivity contribution is -0.128. The molecule has 0 saturated heterocycles. The number of furan rings is 1. The van der Waals surface area contributed by atoms with Crippen LogP contribution in [-0.4, -0.2) is 17.9 Å². The Hall–Kier alpha value is -2.99. The van der Waals surface area contributed by atoms with Gasteiger partial charge in [-0.05, 0) is 32.0 Å². The molecule has 0 radical (unpaired) electrons. The second kappa shape index (κ2) is 7.49. The van der Waals surface area contributed by atoms with Crippen molar-refractivity contribution in [1.29, 1.82) is 0 Å². The summed E-state index contributed by atoms with van der Waals surface area (Å²) in [6.07, 6.45) is -0.855. The number of benzene rings is 2. The molecule has 1 heterocycles. The molecule has 7 heteroatoms. The predicted molar refractivity (Wildman–Crippen MR) is 98.1 cm³/mol. The van der Waals surface area contributed by atoms with Crippen LogP contribution >= 0.6 is 11.6 Å². The first-order chi connectivity index (χ1) is 12.5. The third kappa shape index (κ3) is 3.65. The van der Waals surface area contributed by atoms with E-state index in [1.807, 2.05) is 18.2 Å². The summed E-state index contributed by atoms with van der Waals surface area (Å²) in [6, 6.07) is 14.1. The van der Waals surface area contributed by atoms with E-state index in [2.05, 4.69) is 10.9 Å². The molecular weight excluding hydrogens is 356 g/mol. The van der Waals surface area contributed by atoms with Crippen molar-refractivity contribution in [2.45, 2.75) is 20.0 Å². The third-order valence-electron chi connectivity index (χ3n) is 3.86. The molecule has 2 amide bonds. The van der Waals surface area contributed by atoms with Crippen LogP contribution in [0, 0.1) is 6.92 Å². The van der Waals surface area contributed by atoms with Crippen molar-refractivity contribution in [1.82, 2.24) is 10.9 Å². The quantitative estimate of drug-likeness (QED) is 0.685. The molecule has 0 fully saturated rings. The standard InChI is InChI=1S/C19H17ClN2O4/c1-11-13-7-3-5-9-15(13)26-17(11)19(24)22-21-18(23)12(2)25-16-10-6-4-8-14(16)20/h3-10,12H,1-2H3,(H,21,23)(H,22,24). The first-order valence-electron chi connectivity index (χ1n) is 7.97. The highest BCUT2D eigenvalue weighted by molar-refractivity contribution is 6.32. The second-order valence-corrected chi connectivity index (χ2v) is 6.09. The molecule has 0 aliphatic rings. The van der Waals surface area contributed by atoms with Crippen LogP contribution in [0.3, 0.4) is 0 Å². The number of nitrogens with one attached hydrogen (secondary N) is 2. The van der Waals surface area contributed by atoms with Crippen LogP contribution in [0.1, 0.15) is 23.0 Å². The largest absolute Gasteiger partial charge is 0.479 e. The van der Waals surface area contributed by atoms with E-state index >= 15 is 0 Å². The summed E-state index contributed by atoms with van der Waals surface area (Å²) in [6.45, 7) is 3.34. The molecule has 6 nitrogen and oxygen atoms in total. The van der Waals surface area contributed by atoms with E-state index < -0.39 is 17.9 Å². The van der Waals surface area contributed by atoms with Gasteiger partial charge < -0.3 is 9.15 Å². The van der Waals surface area contributed by atoms with Gasteiger partial charge in [0.05, 0.1) is 5.02 Å². The molecule has 2 N–H and O–H groups in total. The van der Waals surface area contributed by atoms with Gasteiger partial charge in [0.1, 0.15) is 11.3 Å². The average molecular weight is 373 g/mol. The fourth-order valence-electron chi connectivity index (χ4n) is 2.45. The van der Waals surface area contributed by atoms with Gasteiger partial charge >= 0.3 is 5.91 Å². The predicted octanol–water partition coefficient (Wildman–Crippen LogP) is 3.62. The van der Waals surface area contributed by atoms with Crippen molar-refractivity contribution < 1.29 is 18.7 Å². The number of fused-ring (bicyclic) bond motifs is 1. The molecule has 1 aromatic heterocycles. The topological polar surface area (TPSA) is 80.6 Å². The Morgan fingerprint density at radius 1 is 1.08 bits per heavy atom. The van der Waals surface area contributed by atoms with Crippen LogP contribution in [0.2, 0.25) is 5.02 Å². The maximum atomic E-state index is 12.3. The molecule has 0 aliphatic heterocycles. The Morgan fingerprint density at radius 3 is 2.50 bits per heavy atom. The number of hydrazine groups is 1. The number of hydrogen-bond acceptors (Lipinski definition) is 4. The number of hydrogen-bond donors (Lipinski definition) is 2. The van der Waals surface area contributed by atoms with Crippen molar-refractivity contribution in [2.75, 3.05) is 0 Å². The zero-order valence-electron chi connectivity index (χ0n) is 14.2. The number of amides is 2. The van der Waals surface area contributed by atoms with Gasteiger partial charge in [0.25, 0.3) is 5.91 Å². The van der Waals surface area contributed by atoms with Crippen LogP contribution in [-0.2, 0) is 4.79 Å². The Kier molecular flexibility index (Phi) is 5.14. The summed E-state index contributed by atoms with van der Waals surface area (Å²) in [7, 11) is 0. The molecule has 0 saturated carbocycles. The molecule has 134 valence electrons. The van der Waals surface area contributed by atoms with E-state index in [1.54, 1.807) is 44.2 Å². The van der Waals surface area contributed by atoms with E-state index in [1.165, 1.54) is 0 Å². The van der Waals surface area contributed by atoms with Crippen LogP contribution in [0.15, 0.2) is 52.9 Å². The van der Waals surface area contributed by atoms with E-state index in [0.29, 0.717) is 21.9 Å². The lowest BCUT2D eigenvalue weighted by Crippen LogP contribution is -2.47. The number of carbonyl (C=O) groups is 2. The molecule has 3 rings (SSSR count). The normalized spacial score (nSPS) is 11.8. The second-order valence-electron chi connectivity index (χ2n) is 5.69. The fourth-order valence-corrected chi connectivity index (χ4v) is 2.63. The minimum atomic E-state index is -0.855. The molecule has 1 atom stereocenters. The molecule has 0 bridgehead atoms. The summed E-state index contributed by atoms with van der Waals surface area (Å²) in [5, 5.41) is 1.24. The van der Waals surface area contributed by atoms with Crippen molar-refractivity contribution >= 4 is 34.4 Å². The molecule has 26 heavy (non-hydrogen) atoms. The molecule has 3 aromatic rings. The van der Waals surface area contributed by atoms with Gasteiger partial charge in [-0.15, -0.1) is 0 Å². The minimum Gasteiger partial charge on any atom is -0.479 e. The van der Waals surface area contributed by atoms with Crippen LogP contribution in [0.25, 0.3) is 11.0 Å². The number of carbonyl (C=O) groups excluding carboxylic acids is 2. The fraction of sp³-hybridized carbons (Fsp3) is 0.158. The van der Waals surface area contributed by atoms with Gasteiger partial charge in [0.2, 0.25) is 0 Å². The monoisotopic (exact) mass is 372 g/mol. The summed E-state index contributed by atoms with van der Waals surface area (Å²) < 4.78 is 11.1. The Labute approximate surface area is 155 Å². The zero-order valence-corrected chi connectivity index (χ0v) is 15.0. The van der Waals surface area contributed by atoms with Crippen molar-refractivity contribution in [2.24, 2.45) is 0 Å². The highest BCUT2D eigenvalue weighted by atomic mass is 35.5. The van der Waals surface area contributed by atoms with Crippen LogP contribution < -0.4 is 15.6 Å². The highest BCUT2D eigenvalue weighted by Crippen LogP contribution is 2.25. The van der Waals surface area contributed by atoms with Crippen LogP contribution in [0.4, 0.5) is 0 Å². The number of ether oxygens (including phenoxy) is 1. The van der Waals surface area contributed by atoms with E-state index in [4.69, 9.17) is 20.8 Å². The number of rotatable bonds is 4. The lowest BCUT2D eigenvalue weighted by atomic mass is 10.1. The maximum Gasteiger partial charge on any atom is 0.305 e. The molecular formula is C19H17ClN2O4. The molecule has 1 unspecified atom stereocenters. The third-order valence-corrected chi connectivity index (χ3v) is 4.17. The SMILES string of the molecule is Cc1c(C(=O)NNC(=O)C(C)Oc2ccccc2Cl)oc2ccccc12. The smallest absolute Gasteiger partial charge is 0.305 e. The van der Waals surface area contributed by atoms with Crippen molar-refractivity contribution in [3.63, 3.8) is 0 Å². The van der Waals surface area contributed by atoms with E-state index in [0.717, 1.165) is 5.39 Å². The molecule has 0 aliphatic carbocycles. The Bertz CT molecular complexity index is 967. The number of para-hydroxylation sites is 2. The van der Waals surface area contributed by atoms with Gasteiger partial charge in [0.15, 0.2) is 11.9 Å². The van der Waals surface area contributed by atoms with E-state index in [9.17, 15) is 9.59 Å². The summed E-state index contributed by atoms with van der Waals surface area (Å²) >= 11 is 6.00. The number of halogens is 1. The van der Waals surface area contributed by atoms with E-state index in [-0.39, 0.29) is 5.76 Å². The lowest BCUT2D eigenvalue weighted by Gasteiger charge is -2.15. The summed E-state index contributed by atoms with van der Waals surface area (Å²) in [4.78, 5) is 24.4. The van der Waals surface area contributed by atoms with Gasteiger partial charge in [-0.3, -0.25) is 20.4 Å². The molecule has 2 aromatic carbocycles. The Morgan fingerprint density at radius 2 is 1.77 bits per heavy atom. The first kappa shape index (κ1) is 17.8. The summed E-state index contributed by atoms with van der Waals surface area (Å²) in [5.74, 6) is -0.536. The average Bonchev–Trinajstić information content (AvgIpc) is 2.98. The summed E-state index contributed by atoms with van der Waals surface area (Å²) in [5.41, 5.74) is 5.97. The first-order valence-corrected chi connectivity index (χ1v) is 8.34. The number of aryl methyl sites for hydroxylation is 1. The van der Waals surface area contributed by atoms with Crippen molar-refractivity contribution in [3.05, 3.63) is 64.9 Å². The molecule has 0 spiro atoms. The van der Waals surface area contributed by atoms with Crippen LogP contribution in [0.5, 0.6) is 5.75 Å². The zero-order chi connectivity index (χ0) is 18.7. The maximum absolute atomic E-state index is 12.3. The van der Waals surface area contributed by atoms with Crippen molar-refractivity contribution in [3.8, 4) is 5.75 Å².